The number of amides is 2. The first-order valence-corrected chi connectivity index (χ1v) is 5.02. The minimum absolute atomic E-state index is 0. The molecule has 0 aromatic heterocycles. The van der Waals surface area contributed by atoms with E-state index in [2.05, 4.69) is 5.32 Å². The van der Waals surface area contributed by atoms with Crippen molar-refractivity contribution in [2.24, 2.45) is 5.73 Å². The summed E-state index contributed by atoms with van der Waals surface area (Å²) in [5.41, 5.74) is 4.78. The lowest BCUT2D eigenvalue weighted by Gasteiger charge is -2.14. The van der Waals surface area contributed by atoms with Crippen LogP contribution in [0.25, 0.3) is 0 Å². The third kappa shape index (κ3) is 9.95. The summed E-state index contributed by atoms with van der Waals surface area (Å²) in [4.78, 5) is 22.0. The second-order valence-corrected chi connectivity index (χ2v) is 3.36. The lowest BCUT2D eigenvalue weighted by atomic mass is 10.3. The Labute approximate surface area is 105 Å². The van der Waals surface area contributed by atoms with Crippen molar-refractivity contribution in [1.82, 2.24) is 10.6 Å². The molecule has 0 aliphatic carbocycles. The number of rotatable bonds is 7. The Balaban J connectivity index is 0. The lowest BCUT2D eigenvalue weighted by Crippen LogP contribution is -2.44. The molecule has 0 atom stereocenters. The summed E-state index contributed by atoms with van der Waals surface area (Å²) in [6, 6.07) is 0. The number of nitrogens with two attached hydrogens (primary N) is 1. The number of halogens is 3. The Morgan fingerprint density at radius 3 is 2.29 bits per heavy atom. The van der Waals surface area contributed by atoms with Gasteiger partial charge in [-0.3, -0.25) is 9.59 Å². The highest BCUT2D eigenvalue weighted by molar-refractivity contribution is 5.85. The Morgan fingerprint density at radius 2 is 1.82 bits per heavy atom. The Kier molecular flexibility index (Phi) is 9.88. The predicted molar refractivity (Wildman–Crippen MR) is 62.2 cm³/mol. The first-order chi connectivity index (χ1) is 7.41. The topological polar surface area (TPSA) is 84.2 Å². The molecule has 0 saturated carbocycles. The van der Waals surface area contributed by atoms with Gasteiger partial charge in [0.25, 0.3) is 5.92 Å². The van der Waals surface area contributed by atoms with Crippen molar-refractivity contribution in [2.45, 2.75) is 25.7 Å². The van der Waals surface area contributed by atoms with E-state index in [9.17, 15) is 18.4 Å². The summed E-state index contributed by atoms with van der Waals surface area (Å²) < 4.78 is 25.2. The van der Waals surface area contributed by atoms with Gasteiger partial charge in [0.15, 0.2) is 0 Å². The third-order valence-corrected chi connectivity index (χ3v) is 1.77. The van der Waals surface area contributed by atoms with Crippen LogP contribution in [0.2, 0.25) is 0 Å². The average Bonchev–Trinajstić information content (AvgIpc) is 2.24. The summed E-state index contributed by atoms with van der Waals surface area (Å²) in [5, 5.41) is 4.30. The van der Waals surface area contributed by atoms with Crippen molar-refractivity contribution in [3.63, 3.8) is 0 Å². The quantitative estimate of drug-likeness (QED) is 0.612. The predicted octanol–water partition coefficient (Wildman–Crippen LogP) is 0.0347. The number of alkyl halides is 2. The van der Waals surface area contributed by atoms with Crippen LogP contribution in [-0.2, 0) is 9.59 Å². The van der Waals surface area contributed by atoms with Crippen LogP contribution in [0.4, 0.5) is 8.78 Å². The molecule has 0 aliphatic heterocycles. The number of hydrogen-bond acceptors (Lipinski definition) is 3. The fourth-order valence-corrected chi connectivity index (χ4v) is 0.857. The summed E-state index contributed by atoms with van der Waals surface area (Å²) in [5.74, 6) is -4.04. The average molecular weight is 274 g/mol. The molecule has 102 valence electrons. The lowest BCUT2D eigenvalue weighted by molar-refractivity contribution is -0.126. The van der Waals surface area contributed by atoms with Crippen LogP contribution >= 0.6 is 12.4 Å². The maximum absolute atomic E-state index is 12.6. The summed E-state index contributed by atoms with van der Waals surface area (Å²) in [7, 11) is 0. The van der Waals surface area contributed by atoms with Crippen molar-refractivity contribution in [2.75, 3.05) is 19.6 Å². The largest absolute Gasteiger partial charge is 0.348 e. The summed E-state index contributed by atoms with van der Waals surface area (Å²) in [6.45, 7) is -0.109. The van der Waals surface area contributed by atoms with Crippen LogP contribution in [0.15, 0.2) is 0 Å². The molecule has 4 N–H and O–H groups in total. The Bertz CT molecular complexity index is 252. The molecule has 0 aliphatic rings. The van der Waals surface area contributed by atoms with Gasteiger partial charge in [0.05, 0.1) is 19.6 Å². The van der Waals surface area contributed by atoms with Gasteiger partial charge >= 0.3 is 0 Å². The molecule has 0 fully saturated rings. The van der Waals surface area contributed by atoms with E-state index in [0.717, 1.165) is 0 Å². The van der Waals surface area contributed by atoms with Crippen LogP contribution in [0, 0.1) is 0 Å². The maximum atomic E-state index is 12.6. The van der Waals surface area contributed by atoms with Gasteiger partial charge in [-0.05, 0) is 6.42 Å². The summed E-state index contributed by atoms with van der Waals surface area (Å²) >= 11 is 0. The van der Waals surface area contributed by atoms with E-state index in [-0.39, 0.29) is 24.9 Å². The van der Waals surface area contributed by atoms with E-state index in [1.165, 1.54) is 0 Å². The highest BCUT2D eigenvalue weighted by Crippen LogP contribution is 2.08. The summed E-state index contributed by atoms with van der Waals surface area (Å²) in [6.07, 6.45) is 0.977. The molecule has 8 heteroatoms. The fraction of sp³-hybridized carbons (Fsp3) is 0.778. The minimum atomic E-state index is -3.11. The standard InChI is InChI=1S/C9H17F2N3O2.ClH/c1-2-3-7(15)13-4-8(16)14-6-9(10,11)5-12;/h2-6,12H2,1H3,(H,13,15)(H,14,16);1H. The third-order valence-electron chi connectivity index (χ3n) is 1.77. The maximum Gasteiger partial charge on any atom is 0.277 e. The number of carbonyl (C=O) groups is 2. The van der Waals surface area contributed by atoms with Gasteiger partial charge in [-0.2, -0.15) is 0 Å². The molecule has 0 aromatic carbocycles. The molecule has 0 heterocycles. The van der Waals surface area contributed by atoms with Gasteiger partial charge in [-0.15, -0.1) is 12.4 Å². The highest BCUT2D eigenvalue weighted by atomic mass is 35.5. The van der Waals surface area contributed by atoms with Crippen molar-refractivity contribution < 1.29 is 18.4 Å². The van der Waals surface area contributed by atoms with Crippen LogP contribution in [0.3, 0.4) is 0 Å². The fourth-order valence-electron chi connectivity index (χ4n) is 0.857. The van der Waals surface area contributed by atoms with E-state index in [0.29, 0.717) is 12.8 Å². The van der Waals surface area contributed by atoms with Gasteiger partial charge < -0.3 is 16.4 Å². The molecule has 0 unspecified atom stereocenters. The minimum Gasteiger partial charge on any atom is -0.348 e. The van der Waals surface area contributed by atoms with E-state index in [1.807, 2.05) is 12.2 Å². The number of carbonyl (C=O) groups excluding carboxylic acids is 2. The zero-order chi connectivity index (χ0) is 12.6. The zero-order valence-electron chi connectivity index (χ0n) is 9.59. The number of nitrogens with one attached hydrogen (secondary N) is 2. The van der Waals surface area contributed by atoms with Crippen LogP contribution in [0.1, 0.15) is 19.8 Å². The van der Waals surface area contributed by atoms with Crippen molar-refractivity contribution in [1.29, 1.82) is 0 Å². The molecule has 0 radical (unpaired) electrons. The Morgan fingerprint density at radius 1 is 1.24 bits per heavy atom. The molecule has 0 rings (SSSR count). The molecule has 0 spiro atoms. The first-order valence-electron chi connectivity index (χ1n) is 5.02. The van der Waals surface area contributed by atoms with Crippen LogP contribution in [0.5, 0.6) is 0 Å². The molecule has 0 bridgehead atoms. The van der Waals surface area contributed by atoms with Gasteiger partial charge in [0.1, 0.15) is 0 Å². The molecule has 0 aromatic rings. The van der Waals surface area contributed by atoms with E-state index in [4.69, 9.17) is 5.73 Å². The number of hydrogen-bond donors (Lipinski definition) is 3. The van der Waals surface area contributed by atoms with Crippen molar-refractivity contribution >= 4 is 24.2 Å². The first kappa shape index (κ1) is 18.4. The van der Waals surface area contributed by atoms with Gasteiger partial charge in [-0.1, -0.05) is 6.92 Å². The van der Waals surface area contributed by atoms with Crippen LogP contribution < -0.4 is 16.4 Å². The molecular weight excluding hydrogens is 256 g/mol. The Hall–Kier alpha value is -0.950. The SMILES string of the molecule is CCCC(=O)NCC(=O)NCC(F)(F)CN.Cl. The zero-order valence-corrected chi connectivity index (χ0v) is 10.4. The van der Waals surface area contributed by atoms with Crippen molar-refractivity contribution in [3.8, 4) is 0 Å². The monoisotopic (exact) mass is 273 g/mol. The normalized spacial score (nSPS) is 10.4. The second kappa shape index (κ2) is 9.12. The van der Waals surface area contributed by atoms with Gasteiger partial charge in [0.2, 0.25) is 11.8 Å². The molecule has 17 heavy (non-hydrogen) atoms. The molecular formula is C9H18ClF2N3O2. The van der Waals surface area contributed by atoms with Gasteiger partial charge in [0, 0.05) is 6.42 Å². The smallest absolute Gasteiger partial charge is 0.277 e. The van der Waals surface area contributed by atoms with E-state index < -0.39 is 24.9 Å². The van der Waals surface area contributed by atoms with Gasteiger partial charge in [-0.25, -0.2) is 8.78 Å². The highest BCUT2D eigenvalue weighted by Gasteiger charge is 2.26. The van der Waals surface area contributed by atoms with Crippen molar-refractivity contribution in [3.05, 3.63) is 0 Å². The van der Waals surface area contributed by atoms with Crippen LogP contribution in [-0.4, -0.2) is 37.4 Å². The van der Waals surface area contributed by atoms with E-state index in [1.54, 1.807) is 0 Å². The molecule has 0 saturated heterocycles. The second-order valence-electron chi connectivity index (χ2n) is 3.36. The molecule has 2 amide bonds. The van der Waals surface area contributed by atoms with E-state index >= 15 is 0 Å². The molecule has 5 nitrogen and oxygen atoms in total.